The Bertz CT molecular complexity index is 742. The molecule has 3 aliphatic rings. The molecule has 1 aromatic rings. The maximum absolute atomic E-state index is 12.5. The van der Waals surface area contributed by atoms with Crippen molar-refractivity contribution >= 4 is 11.8 Å². The Kier molecular flexibility index (Phi) is 4.62. The number of esters is 1. The number of carbonyl (C=O) groups is 2. The number of benzene rings is 1. The number of Topliss-reactive ketones (excluding diaryl/α,β-unsaturated/α-hetero) is 1. The smallest absolute Gasteiger partial charge is 0.341 e. The quantitative estimate of drug-likeness (QED) is 0.597. The Balaban J connectivity index is 1.67. The Labute approximate surface area is 150 Å². The standard InChI is InChI=1S/C19H20O7/c1-22-17(21)15-12(20)8-11-14(15)19(23-2)25-13-9-24-18(26-16(11)13)10-6-4-3-5-7-10/h3-7,11,13,16,18-19H,8-9H2,1-2H3. The van der Waals surface area contributed by atoms with E-state index in [9.17, 15) is 9.59 Å². The lowest BCUT2D eigenvalue weighted by Gasteiger charge is -2.45. The summed E-state index contributed by atoms with van der Waals surface area (Å²) in [7, 11) is 2.73. The van der Waals surface area contributed by atoms with Crippen LogP contribution in [0, 0.1) is 5.92 Å². The summed E-state index contributed by atoms with van der Waals surface area (Å²) >= 11 is 0. The van der Waals surface area contributed by atoms with Crippen LogP contribution in [0.2, 0.25) is 0 Å². The number of ether oxygens (including phenoxy) is 5. The molecule has 0 saturated carbocycles. The summed E-state index contributed by atoms with van der Waals surface area (Å²) in [4.78, 5) is 24.6. The average molecular weight is 360 g/mol. The highest BCUT2D eigenvalue weighted by atomic mass is 16.7. The minimum absolute atomic E-state index is 0.0224. The summed E-state index contributed by atoms with van der Waals surface area (Å²) in [6.45, 7) is 0.315. The van der Waals surface area contributed by atoms with Crippen molar-refractivity contribution in [1.29, 1.82) is 0 Å². The average Bonchev–Trinajstić information content (AvgIpc) is 3.04. The Morgan fingerprint density at radius 3 is 2.62 bits per heavy atom. The molecule has 7 heteroatoms. The van der Waals surface area contributed by atoms with Crippen LogP contribution in [-0.4, -0.2) is 51.1 Å². The molecule has 2 aliphatic heterocycles. The predicted octanol–water partition coefficient (Wildman–Crippen LogP) is 1.53. The van der Waals surface area contributed by atoms with Crippen molar-refractivity contribution in [3.8, 4) is 0 Å². The summed E-state index contributed by atoms with van der Waals surface area (Å²) in [6.07, 6.45) is -1.94. The van der Waals surface area contributed by atoms with Crippen LogP contribution in [0.15, 0.2) is 41.5 Å². The molecule has 0 amide bonds. The van der Waals surface area contributed by atoms with Crippen molar-refractivity contribution in [2.24, 2.45) is 5.92 Å². The van der Waals surface area contributed by atoms with Crippen LogP contribution >= 0.6 is 0 Å². The van der Waals surface area contributed by atoms with Crippen LogP contribution in [0.3, 0.4) is 0 Å². The molecule has 2 fully saturated rings. The van der Waals surface area contributed by atoms with Gasteiger partial charge in [0, 0.05) is 30.6 Å². The first-order chi connectivity index (χ1) is 12.6. The zero-order valence-electron chi connectivity index (χ0n) is 14.5. The summed E-state index contributed by atoms with van der Waals surface area (Å²) in [5, 5.41) is 0. The monoisotopic (exact) mass is 360 g/mol. The molecule has 0 aromatic heterocycles. The third kappa shape index (κ3) is 2.77. The van der Waals surface area contributed by atoms with Gasteiger partial charge in [-0.05, 0) is 0 Å². The van der Waals surface area contributed by atoms with E-state index in [1.54, 1.807) is 0 Å². The van der Waals surface area contributed by atoms with Crippen LogP contribution in [-0.2, 0) is 33.3 Å². The molecule has 138 valence electrons. The molecule has 0 spiro atoms. The van der Waals surface area contributed by atoms with Crippen LogP contribution in [0.5, 0.6) is 0 Å². The summed E-state index contributed by atoms with van der Waals surface area (Å²) < 4.78 is 28.0. The van der Waals surface area contributed by atoms with Gasteiger partial charge in [-0.25, -0.2) is 4.79 Å². The van der Waals surface area contributed by atoms with Crippen molar-refractivity contribution in [1.82, 2.24) is 0 Å². The molecule has 1 aromatic carbocycles. The molecule has 1 aliphatic carbocycles. The topological polar surface area (TPSA) is 80.3 Å². The van der Waals surface area contributed by atoms with Crippen molar-refractivity contribution in [2.75, 3.05) is 20.8 Å². The maximum Gasteiger partial charge on any atom is 0.341 e. The fraction of sp³-hybridized carbons (Fsp3) is 0.474. The lowest BCUT2D eigenvalue weighted by molar-refractivity contribution is -0.311. The number of methoxy groups -OCH3 is 2. The lowest BCUT2D eigenvalue weighted by atomic mass is 9.87. The number of rotatable bonds is 3. The molecular formula is C19H20O7. The molecular weight excluding hydrogens is 340 g/mol. The summed E-state index contributed by atoms with van der Waals surface area (Å²) in [5.74, 6) is -1.23. The number of carbonyl (C=O) groups excluding carboxylic acids is 2. The molecule has 7 nitrogen and oxygen atoms in total. The fourth-order valence-corrected chi connectivity index (χ4v) is 3.89. The molecule has 2 heterocycles. The van der Waals surface area contributed by atoms with Crippen molar-refractivity contribution < 1.29 is 33.3 Å². The molecule has 0 bridgehead atoms. The highest BCUT2D eigenvalue weighted by molar-refractivity contribution is 6.20. The first kappa shape index (κ1) is 17.4. The molecule has 4 rings (SSSR count). The van der Waals surface area contributed by atoms with Crippen LogP contribution in [0.25, 0.3) is 0 Å². The lowest BCUT2D eigenvalue weighted by Crippen LogP contribution is -2.53. The minimum atomic E-state index is -0.790. The molecule has 0 N–H and O–H groups in total. The van der Waals surface area contributed by atoms with E-state index >= 15 is 0 Å². The van der Waals surface area contributed by atoms with Gasteiger partial charge >= 0.3 is 5.97 Å². The zero-order valence-corrected chi connectivity index (χ0v) is 14.5. The Morgan fingerprint density at radius 1 is 1.15 bits per heavy atom. The number of hydrogen-bond acceptors (Lipinski definition) is 7. The van der Waals surface area contributed by atoms with E-state index in [2.05, 4.69) is 0 Å². The third-order valence-corrected chi connectivity index (χ3v) is 5.06. The van der Waals surface area contributed by atoms with Gasteiger partial charge in [0.05, 0.1) is 19.8 Å². The predicted molar refractivity (Wildman–Crippen MR) is 87.8 cm³/mol. The first-order valence-electron chi connectivity index (χ1n) is 8.50. The maximum atomic E-state index is 12.5. The van der Waals surface area contributed by atoms with E-state index < -0.39 is 24.7 Å². The zero-order chi connectivity index (χ0) is 18.3. The largest absolute Gasteiger partial charge is 0.465 e. The highest BCUT2D eigenvalue weighted by Crippen LogP contribution is 2.45. The number of fused-ring (bicyclic) bond motifs is 3. The second-order valence-electron chi connectivity index (χ2n) is 6.47. The van der Waals surface area contributed by atoms with Gasteiger partial charge in [-0.2, -0.15) is 0 Å². The van der Waals surface area contributed by atoms with E-state index in [-0.39, 0.29) is 29.8 Å². The molecule has 5 atom stereocenters. The summed E-state index contributed by atoms with van der Waals surface area (Å²) in [5.41, 5.74) is 1.43. The normalized spacial score (nSPS) is 33.6. The minimum Gasteiger partial charge on any atom is -0.465 e. The summed E-state index contributed by atoms with van der Waals surface area (Å²) in [6, 6.07) is 9.58. The second kappa shape index (κ2) is 6.92. The van der Waals surface area contributed by atoms with E-state index in [0.29, 0.717) is 12.2 Å². The molecule has 5 unspecified atom stereocenters. The van der Waals surface area contributed by atoms with Gasteiger partial charge in [-0.1, -0.05) is 30.3 Å². The van der Waals surface area contributed by atoms with Crippen LogP contribution < -0.4 is 0 Å². The second-order valence-corrected chi connectivity index (χ2v) is 6.47. The number of hydrogen-bond donors (Lipinski definition) is 0. The van der Waals surface area contributed by atoms with Gasteiger partial charge in [-0.3, -0.25) is 4.79 Å². The Morgan fingerprint density at radius 2 is 1.92 bits per heavy atom. The van der Waals surface area contributed by atoms with Crippen molar-refractivity contribution in [2.45, 2.75) is 31.2 Å². The highest BCUT2D eigenvalue weighted by Gasteiger charge is 2.53. The Hall–Kier alpha value is -2.06. The van der Waals surface area contributed by atoms with E-state index in [4.69, 9.17) is 23.7 Å². The van der Waals surface area contributed by atoms with Crippen LogP contribution in [0.4, 0.5) is 0 Å². The van der Waals surface area contributed by atoms with Gasteiger partial charge in [0.15, 0.2) is 18.4 Å². The van der Waals surface area contributed by atoms with Crippen molar-refractivity contribution in [3.05, 3.63) is 47.0 Å². The van der Waals surface area contributed by atoms with Gasteiger partial charge in [0.1, 0.15) is 11.7 Å². The fourth-order valence-electron chi connectivity index (χ4n) is 3.89. The molecule has 2 saturated heterocycles. The van der Waals surface area contributed by atoms with E-state index in [1.807, 2.05) is 30.3 Å². The third-order valence-electron chi connectivity index (χ3n) is 5.06. The van der Waals surface area contributed by atoms with Gasteiger partial charge in [-0.15, -0.1) is 0 Å². The van der Waals surface area contributed by atoms with Gasteiger partial charge in [0.25, 0.3) is 0 Å². The van der Waals surface area contributed by atoms with E-state index in [1.165, 1.54) is 14.2 Å². The SMILES string of the molecule is COC(=O)C1=C2C(OC)OC3COC(c4ccccc4)OC3C2CC1=O. The number of ketones is 1. The first-order valence-corrected chi connectivity index (χ1v) is 8.50. The van der Waals surface area contributed by atoms with Gasteiger partial charge in [0.2, 0.25) is 0 Å². The molecule has 0 radical (unpaired) electrons. The van der Waals surface area contributed by atoms with Crippen LogP contribution in [0.1, 0.15) is 18.3 Å². The molecule has 26 heavy (non-hydrogen) atoms. The van der Waals surface area contributed by atoms with E-state index in [0.717, 1.165) is 5.56 Å². The van der Waals surface area contributed by atoms with Gasteiger partial charge < -0.3 is 23.7 Å². The van der Waals surface area contributed by atoms with Crippen molar-refractivity contribution in [3.63, 3.8) is 0 Å².